The second kappa shape index (κ2) is 9.01. The molecule has 0 radical (unpaired) electrons. The van der Waals surface area contributed by atoms with E-state index in [9.17, 15) is 4.79 Å². The summed E-state index contributed by atoms with van der Waals surface area (Å²) in [5, 5.41) is 3.21. The summed E-state index contributed by atoms with van der Waals surface area (Å²) in [6.45, 7) is 8.95. The van der Waals surface area contributed by atoms with Gasteiger partial charge in [-0.15, -0.1) is 0 Å². The van der Waals surface area contributed by atoms with Gasteiger partial charge < -0.3 is 15.1 Å². The molecule has 3 rings (SSSR count). The largest absolute Gasteiger partial charge is 0.328 e. The van der Waals surface area contributed by atoms with Gasteiger partial charge in [0.2, 0.25) is 0 Å². The van der Waals surface area contributed by atoms with Crippen LogP contribution in [0.25, 0.3) is 0 Å². The Morgan fingerprint density at radius 1 is 1.08 bits per heavy atom. The van der Waals surface area contributed by atoms with Gasteiger partial charge in [-0.25, -0.2) is 0 Å². The normalized spacial score (nSPS) is 25.4. The molecule has 1 amide bonds. The van der Waals surface area contributed by atoms with E-state index in [1.54, 1.807) is 4.90 Å². The van der Waals surface area contributed by atoms with Crippen LogP contribution in [0.4, 0.5) is 5.69 Å². The predicted molar refractivity (Wildman–Crippen MR) is 107 cm³/mol. The molecule has 1 aliphatic heterocycles. The standard InChI is InChI=1S/C22H35N3O/c1-17(2)16-21(25-14-12-24(3)13-15-25)22(26)23-20-10-8-19(9-11-20)18-6-4-5-7-18/h8-11,17-18,21H,4-7,12-16H2,1-3H3,(H,23,26)/p+2/t21-/m1/s1. The van der Waals surface area contributed by atoms with Crippen molar-refractivity contribution in [1.82, 2.24) is 0 Å². The van der Waals surface area contributed by atoms with Crippen molar-refractivity contribution in [3.8, 4) is 0 Å². The maximum absolute atomic E-state index is 13.0. The molecular weight excluding hydrogens is 322 g/mol. The van der Waals surface area contributed by atoms with Crippen molar-refractivity contribution < 1.29 is 14.6 Å². The molecule has 1 aliphatic carbocycles. The molecule has 0 spiro atoms. The monoisotopic (exact) mass is 359 g/mol. The number of amides is 1. The zero-order valence-corrected chi connectivity index (χ0v) is 16.8. The highest BCUT2D eigenvalue weighted by atomic mass is 16.2. The quantitative estimate of drug-likeness (QED) is 0.699. The molecule has 1 heterocycles. The summed E-state index contributed by atoms with van der Waals surface area (Å²) in [6.07, 6.45) is 6.30. The fraction of sp³-hybridized carbons (Fsp3) is 0.682. The van der Waals surface area contributed by atoms with Crippen LogP contribution in [0.2, 0.25) is 0 Å². The number of benzene rings is 1. The first kappa shape index (κ1) is 19.4. The Morgan fingerprint density at radius 2 is 1.69 bits per heavy atom. The van der Waals surface area contributed by atoms with Gasteiger partial charge >= 0.3 is 0 Å². The Balaban J connectivity index is 1.62. The first-order chi connectivity index (χ1) is 12.5. The van der Waals surface area contributed by atoms with Gasteiger partial charge in [-0.1, -0.05) is 38.8 Å². The van der Waals surface area contributed by atoms with E-state index in [4.69, 9.17) is 0 Å². The lowest BCUT2D eigenvalue weighted by Gasteiger charge is -2.33. The number of likely N-dealkylation sites (N-methyl/N-ethyl adjacent to an activating group) is 1. The number of rotatable bonds is 6. The molecule has 26 heavy (non-hydrogen) atoms. The van der Waals surface area contributed by atoms with E-state index in [-0.39, 0.29) is 11.9 Å². The summed E-state index contributed by atoms with van der Waals surface area (Å²) < 4.78 is 0. The topological polar surface area (TPSA) is 38.0 Å². The van der Waals surface area contributed by atoms with Gasteiger partial charge in [-0.05, 0) is 42.4 Å². The van der Waals surface area contributed by atoms with Gasteiger partial charge in [0.25, 0.3) is 5.91 Å². The number of hydrogen-bond acceptors (Lipinski definition) is 1. The van der Waals surface area contributed by atoms with E-state index in [1.807, 2.05) is 0 Å². The van der Waals surface area contributed by atoms with E-state index in [2.05, 4.69) is 50.5 Å². The Morgan fingerprint density at radius 3 is 2.27 bits per heavy atom. The molecular formula is C22H37N3O+2. The van der Waals surface area contributed by atoms with Gasteiger partial charge in [0.05, 0.1) is 7.05 Å². The number of anilines is 1. The molecule has 144 valence electrons. The molecule has 1 aromatic rings. The van der Waals surface area contributed by atoms with Crippen molar-refractivity contribution in [3.05, 3.63) is 29.8 Å². The van der Waals surface area contributed by atoms with Crippen LogP contribution in [0.1, 0.15) is 57.4 Å². The SMILES string of the molecule is CC(C)C[C@H](C(=O)Nc1ccc(C2CCCC2)cc1)[NH+]1CC[NH+](C)CC1. The van der Waals surface area contributed by atoms with Crippen LogP contribution in [-0.2, 0) is 4.79 Å². The summed E-state index contributed by atoms with van der Waals surface area (Å²) in [6, 6.07) is 8.70. The van der Waals surface area contributed by atoms with Gasteiger partial charge in [-0.3, -0.25) is 4.79 Å². The van der Waals surface area contributed by atoms with E-state index >= 15 is 0 Å². The van der Waals surface area contributed by atoms with Crippen LogP contribution >= 0.6 is 0 Å². The van der Waals surface area contributed by atoms with Crippen LogP contribution in [-0.4, -0.2) is 45.2 Å². The Hall–Kier alpha value is -1.39. The summed E-state index contributed by atoms with van der Waals surface area (Å²) in [7, 11) is 2.25. The van der Waals surface area contributed by atoms with Gasteiger partial charge in [0.15, 0.2) is 6.04 Å². The van der Waals surface area contributed by atoms with Crippen molar-refractivity contribution in [2.24, 2.45) is 5.92 Å². The molecule has 0 aromatic heterocycles. The van der Waals surface area contributed by atoms with Gasteiger partial charge in [0, 0.05) is 12.1 Å². The third-order valence-corrected chi connectivity index (χ3v) is 6.27. The summed E-state index contributed by atoms with van der Waals surface area (Å²) in [5.41, 5.74) is 2.39. The molecule has 2 aliphatic rings. The summed E-state index contributed by atoms with van der Waals surface area (Å²) in [5.74, 6) is 1.46. The first-order valence-corrected chi connectivity index (χ1v) is 10.6. The predicted octanol–water partition coefficient (Wildman–Crippen LogP) is 1.11. The molecule has 0 unspecified atom stereocenters. The van der Waals surface area contributed by atoms with Gasteiger partial charge in [-0.2, -0.15) is 0 Å². The molecule has 1 saturated heterocycles. The van der Waals surface area contributed by atoms with Gasteiger partial charge in [0.1, 0.15) is 26.2 Å². The highest BCUT2D eigenvalue weighted by Crippen LogP contribution is 2.34. The zero-order valence-electron chi connectivity index (χ0n) is 16.8. The van der Waals surface area contributed by atoms with Crippen LogP contribution in [0.15, 0.2) is 24.3 Å². The average molecular weight is 360 g/mol. The molecule has 1 saturated carbocycles. The molecule has 1 aromatic carbocycles. The van der Waals surface area contributed by atoms with E-state index < -0.39 is 0 Å². The fourth-order valence-electron chi connectivity index (χ4n) is 4.60. The molecule has 1 atom stereocenters. The molecule has 4 nitrogen and oxygen atoms in total. The second-order valence-corrected chi connectivity index (χ2v) is 8.89. The van der Waals surface area contributed by atoms with Crippen molar-refractivity contribution in [1.29, 1.82) is 0 Å². The lowest BCUT2D eigenvalue weighted by molar-refractivity contribution is -1.01. The Kier molecular flexibility index (Phi) is 6.71. The number of piperazine rings is 1. The second-order valence-electron chi connectivity index (χ2n) is 8.89. The molecule has 3 N–H and O–H groups in total. The lowest BCUT2D eigenvalue weighted by Crippen LogP contribution is -3.29. The van der Waals surface area contributed by atoms with Crippen molar-refractivity contribution in [3.63, 3.8) is 0 Å². The van der Waals surface area contributed by atoms with E-state index in [0.29, 0.717) is 5.92 Å². The lowest BCUT2D eigenvalue weighted by atomic mass is 9.97. The highest BCUT2D eigenvalue weighted by molar-refractivity contribution is 5.93. The third kappa shape index (κ3) is 5.08. The fourth-order valence-corrected chi connectivity index (χ4v) is 4.60. The maximum Gasteiger partial charge on any atom is 0.282 e. The Labute approximate surface area is 158 Å². The van der Waals surface area contributed by atoms with E-state index in [0.717, 1.165) is 44.2 Å². The van der Waals surface area contributed by atoms with E-state index in [1.165, 1.54) is 36.1 Å². The highest BCUT2D eigenvalue weighted by Gasteiger charge is 2.33. The minimum absolute atomic E-state index is 0.0672. The summed E-state index contributed by atoms with van der Waals surface area (Å²) >= 11 is 0. The number of carbonyl (C=O) groups excluding carboxylic acids is 1. The van der Waals surface area contributed by atoms with Crippen molar-refractivity contribution in [2.45, 2.75) is 57.9 Å². The van der Waals surface area contributed by atoms with Crippen molar-refractivity contribution in [2.75, 3.05) is 38.5 Å². The minimum Gasteiger partial charge on any atom is -0.328 e. The smallest absolute Gasteiger partial charge is 0.282 e. The molecule has 0 bridgehead atoms. The summed E-state index contributed by atoms with van der Waals surface area (Å²) in [4.78, 5) is 16.1. The Bertz CT molecular complexity index is 570. The zero-order chi connectivity index (χ0) is 18.5. The van der Waals surface area contributed by atoms with Crippen LogP contribution in [0.3, 0.4) is 0 Å². The number of nitrogens with one attached hydrogen (secondary N) is 3. The number of quaternary nitrogens is 2. The third-order valence-electron chi connectivity index (χ3n) is 6.27. The maximum atomic E-state index is 13.0. The molecule has 2 fully saturated rings. The van der Waals surface area contributed by atoms with Crippen molar-refractivity contribution >= 4 is 11.6 Å². The average Bonchev–Trinajstić information content (AvgIpc) is 3.15. The van der Waals surface area contributed by atoms with Crippen LogP contribution < -0.4 is 15.1 Å². The first-order valence-electron chi connectivity index (χ1n) is 10.6. The minimum atomic E-state index is 0.0672. The number of hydrogen-bond donors (Lipinski definition) is 3. The van der Waals surface area contributed by atoms with Crippen LogP contribution in [0, 0.1) is 5.92 Å². The number of carbonyl (C=O) groups is 1. The molecule has 4 heteroatoms. The van der Waals surface area contributed by atoms with Crippen LogP contribution in [0.5, 0.6) is 0 Å².